The minimum absolute atomic E-state index is 0.251. The lowest BCUT2D eigenvalue weighted by atomic mass is 10.1. The number of nitrogens with zero attached hydrogens (tertiary/aromatic N) is 2. The second-order valence-corrected chi connectivity index (χ2v) is 6.02. The maximum absolute atomic E-state index is 12.5. The van der Waals surface area contributed by atoms with Gasteiger partial charge in [0.25, 0.3) is 0 Å². The van der Waals surface area contributed by atoms with Gasteiger partial charge in [0.1, 0.15) is 0 Å². The van der Waals surface area contributed by atoms with Gasteiger partial charge < -0.3 is 9.47 Å². The van der Waals surface area contributed by atoms with Crippen LogP contribution in [0.25, 0.3) is 0 Å². The molecule has 2 heterocycles. The number of hydrogen-bond acceptors (Lipinski definition) is 1. The predicted molar refractivity (Wildman–Crippen MR) is 82.9 cm³/mol. The highest BCUT2D eigenvalue weighted by Gasteiger charge is 2.27. The van der Waals surface area contributed by atoms with E-state index in [0.717, 1.165) is 32.2 Å². The summed E-state index contributed by atoms with van der Waals surface area (Å²) in [6, 6.07) is 4.46. The quantitative estimate of drug-likeness (QED) is 0.598. The summed E-state index contributed by atoms with van der Waals surface area (Å²) in [4.78, 5) is 14.6. The van der Waals surface area contributed by atoms with Gasteiger partial charge in [-0.25, -0.2) is 0 Å². The zero-order chi connectivity index (χ0) is 14.4. The fourth-order valence-corrected chi connectivity index (χ4v) is 3.24. The molecule has 0 spiro atoms. The molecule has 1 unspecified atom stereocenters. The first-order chi connectivity index (χ1) is 9.74. The Bertz CT molecular complexity index is 430. The van der Waals surface area contributed by atoms with Crippen LogP contribution in [0.5, 0.6) is 0 Å². The fourth-order valence-electron chi connectivity index (χ4n) is 3.05. The number of hydrogen-bond donors (Lipinski definition) is 0. The highest BCUT2D eigenvalue weighted by Crippen LogP contribution is 2.30. The number of carbonyl (C=O) groups is 1. The van der Waals surface area contributed by atoms with Crippen LogP contribution in [0.2, 0.25) is 0 Å². The Morgan fingerprint density at radius 3 is 2.90 bits per heavy atom. The molecule has 2 rings (SSSR count). The van der Waals surface area contributed by atoms with Gasteiger partial charge in [-0.05, 0) is 37.8 Å². The number of aromatic nitrogens is 1. The normalized spacial score (nSPS) is 19.9. The van der Waals surface area contributed by atoms with E-state index in [2.05, 4.69) is 34.8 Å². The van der Waals surface area contributed by atoms with E-state index in [4.69, 9.17) is 11.6 Å². The molecule has 0 aromatic carbocycles. The Kier molecular flexibility index (Phi) is 5.96. The largest absolute Gasteiger partial charge is 0.353 e. The maximum atomic E-state index is 12.5. The van der Waals surface area contributed by atoms with Crippen molar-refractivity contribution in [3.8, 4) is 0 Å². The molecule has 112 valence electrons. The Hall–Kier alpha value is -0.960. The van der Waals surface area contributed by atoms with Crippen LogP contribution in [0.3, 0.4) is 0 Å². The van der Waals surface area contributed by atoms with Crippen LogP contribution >= 0.6 is 11.6 Å². The average Bonchev–Trinajstić information content (AvgIpc) is 2.73. The molecule has 1 aromatic rings. The van der Waals surface area contributed by atoms with Gasteiger partial charge in [0.15, 0.2) is 0 Å². The second kappa shape index (κ2) is 7.72. The van der Waals surface area contributed by atoms with E-state index in [1.807, 2.05) is 0 Å². The number of amides is 1. The summed E-state index contributed by atoms with van der Waals surface area (Å²) >= 11 is 5.70. The van der Waals surface area contributed by atoms with Crippen molar-refractivity contribution in [3.05, 3.63) is 24.0 Å². The lowest BCUT2D eigenvalue weighted by Crippen LogP contribution is -2.35. The SMILES string of the molecule is Cn1cccc1C1CCCCCN1C(=O)CCCCCl. The maximum Gasteiger partial charge on any atom is 0.223 e. The number of alkyl halides is 1. The summed E-state index contributed by atoms with van der Waals surface area (Å²) in [6.45, 7) is 0.898. The van der Waals surface area contributed by atoms with Crippen LogP contribution in [0.4, 0.5) is 0 Å². The van der Waals surface area contributed by atoms with Crippen molar-refractivity contribution in [3.63, 3.8) is 0 Å². The third kappa shape index (κ3) is 3.78. The molecule has 20 heavy (non-hydrogen) atoms. The number of carbonyl (C=O) groups excluding carboxylic acids is 1. The Morgan fingerprint density at radius 1 is 1.35 bits per heavy atom. The first-order valence-corrected chi connectivity index (χ1v) is 8.24. The molecule has 1 fully saturated rings. The van der Waals surface area contributed by atoms with Crippen molar-refractivity contribution in [1.29, 1.82) is 0 Å². The number of rotatable bonds is 5. The third-order valence-corrected chi connectivity index (χ3v) is 4.44. The first-order valence-electron chi connectivity index (χ1n) is 7.70. The smallest absolute Gasteiger partial charge is 0.223 e. The van der Waals surface area contributed by atoms with Gasteiger partial charge in [-0.2, -0.15) is 0 Å². The molecule has 3 nitrogen and oxygen atoms in total. The van der Waals surface area contributed by atoms with E-state index in [1.165, 1.54) is 18.5 Å². The van der Waals surface area contributed by atoms with E-state index < -0.39 is 0 Å². The van der Waals surface area contributed by atoms with Crippen LogP contribution in [0.15, 0.2) is 18.3 Å². The standard InChI is InChI=1S/C16H25ClN2O/c1-18-12-7-9-14(18)15-8-3-2-6-13-19(15)16(20)10-4-5-11-17/h7,9,12,15H,2-6,8,10-11,13H2,1H3. The van der Waals surface area contributed by atoms with Crippen molar-refractivity contribution in [2.75, 3.05) is 12.4 Å². The Labute approximate surface area is 126 Å². The first kappa shape index (κ1) is 15.4. The van der Waals surface area contributed by atoms with Crippen LogP contribution in [-0.2, 0) is 11.8 Å². The molecule has 0 saturated carbocycles. The van der Waals surface area contributed by atoms with Gasteiger partial charge in [0, 0.05) is 37.8 Å². The molecule has 1 aromatic heterocycles. The molecule has 1 atom stereocenters. The fraction of sp³-hybridized carbons (Fsp3) is 0.688. The van der Waals surface area contributed by atoms with E-state index in [9.17, 15) is 4.79 Å². The lowest BCUT2D eigenvalue weighted by Gasteiger charge is -2.30. The predicted octanol–water partition coefficient (Wildman–Crippen LogP) is 3.88. The van der Waals surface area contributed by atoms with Crippen molar-refractivity contribution in [2.45, 2.75) is 51.0 Å². The Balaban J connectivity index is 2.09. The zero-order valence-corrected chi connectivity index (χ0v) is 13.1. The number of halogens is 1. The highest BCUT2D eigenvalue weighted by atomic mass is 35.5. The van der Waals surface area contributed by atoms with Crippen molar-refractivity contribution >= 4 is 17.5 Å². The summed E-state index contributed by atoms with van der Waals surface area (Å²) < 4.78 is 2.15. The van der Waals surface area contributed by atoms with Crippen molar-refractivity contribution in [1.82, 2.24) is 9.47 Å². The zero-order valence-electron chi connectivity index (χ0n) is 12.4. The number of likely N-dealkylation sites (tertiary alicyclic amines) is 1. The van der Waals surface area contributed by atoms with Crippen LogP contribution in [0.1, 0.15) is 56.7 Å². The van der Waals surface area contributed by atoms with E-state index in [-0.39, 0.29) is 6.04 Å². The molecule has 0 N–H and O–H groups in total. The van der Waals surface area contributed by atoms with E-state index in [1.54, 1.807) is 0 Å². The minimum atomic E-state index is 0.251. The molecular formula is C16H25ClN2O. The average molecular weight is 297 g/mol. The second-order valence-electron chi connectivity index (χ2n) is 5.64. The summed E-state index contributed by atoms with van der Waals surface area (Å²) in [5.41, 5.74) is 1.26. The molecule has 1 amide bonds. The third-order valence-electron chi connectivity index (χ3n) is 4.17. The summed E-state index contributed by atoms with van der Waals surface area (Å²) in [6.07, 6.45) is 9.17. The minimum Gasteiger partial charge on any atom is -0.353 e. The van der Waals surface area contributed by atoms with Crippen LogP contribution in [-0.4, -0.2) is 27.8 Å². The van der Waals surface area contributed by atoms with E-state index >= 15 is 0 Å². The van der Waals surface area contributed by atoms with Gasteiger partial charge >= 0.3 is 0 Å². The number of aryl methyl sites for hydroxylation is 1. The summed E-state index contributed by atoms with van der Waals surface area (Å²) in [5, 5.41) is 0. The van der Waals surface area contributed by atoms with Gasteiger partial charge in [0.05, 0.1) is 6.04 Å². The molecule has 1 aliphatic heterocycles. The van der Waals surface area contributed by atoms with Gasteiger partial charge in [0.2, 0.25) is 5.91 Å². The van der Waals surface area contributed by atoms with Gasteiger partial charge in [-0.3, -0.25) is 4.79 Å². The summed E-state index contributed by atoms with van der Waals surface area (Å²) in [5.74, 6) is 0.942. The lowest BCUT2D eigenvalue weighted by molar-refractivity contribution is -0.133. The van der Waals surface area contributed by atoms with Crippen molar-refractivity contribution in [2.24, 2.45) is 7.05 Å². The monoisotopic (exact) mass is 296 g/mol. The van der Waals surface area contributed by atoms with Crippen LogP contribution < -0.4 is 0 Å². The molecule has 0 aliphatic carbocycles. The van der Waals surface area contributed by atoms with Crippen molar-refractivity contribution < 1.29 is 4.79 Å². The number of unbranched alkanes of at least 4 members (excludes halogenated alkanes) is 1. The molecule has 4 heteroatoms. The van der Waals surface area contributed by atoms with Gasteiger partial charge in [-0.1, -0.05) is 12.8 Å². The summed E-state index contributed by atoms with van der Waals surface area (Å²) in [7, 11) is 2.07. The van der Waals surface area contributed by atoms with E-state index in [0.29, 0.717) is 18.2 Å². The molecule has 1 saturated heterocycles. The molecular weight excluding hydrogens is 272 g/mol. The highest BCUT2D eigenvalue weighted by molar-refractivity contribution is 6.17. The Morgan fingerprint density at radius 2 is 2.20 bits per heavy atom. The molecule has 0 radical (unpaired) electrons. The van der Waals surface area contributed by atoms with Gasteiger partial charge in [-0.15, -0.1) is 11.6 Å². The van der Waals surface area contributed by atoms with Crippen LogP contribution in [0, 0.1) is 0 Å². The molecule has 0 bridgehead atoms. The topological polar surface area (TPSA) is 25.2 Å². The molecule has 1 aliphatic rings.